The molecule has 1 aromatic heterocycles. The van der Waals surface area contributed by atoms with Crippen LogP contribution in [0.15, 0.2) is 47.6 Å². The number of hydrogen-bond acceptors (Lipinski definition) is 7. The maximum Gasteiger partial charge on any atom is 0.251 e. The van der Waals surface area contributed by atoms with Crippen molar-refractivity contribution in [2.24, 2.45) is 0 Å². The van der Waals surface area contributed by atoms with Gasteiger partial charge in [0.1, 0.15) is 0 Å². The molecule has 4 rings (SSSR count). The highest BCUT2D eigenvalue weighted by Gasteiger charge is 2.18. The number of aromatic nitrogens is 3. The van der Waals surface area contributed by atoms with Gasteiger partial charge in [-0.1, -0.05) is 30.0 Å². The van der Waals surface area contributed by atoms with Gasteiger partial charge < -0.3 is 24.7 Å². The van der Waals surface area contributed by atoms with Crippen molar-refractivity contribution >= 4 is 29.3 Å². The number of carbonyl (C=O) groups is 2. The molecule has 0 saturated heterocycles. The van der Waals surface area contributed by atoms with Gasteiger partial charge in [-0.15, -0.1) is 10.2 Å². The first-order valence-corrected chi connectivity index (χ1v) is 11.1. The monoisotopic (exact) mass is 453 g/mol. The molecule has 32 heavy (non-hydrogen) atoms. The predicted octanol–water partition coefficient (Wildman–Crippen LogP) is 3.00. The Morgan fingerprint density at radius 2 is 1.94 bits per heavy atom. The quantitative estimate of drug-likeness (QED) is 0.505. The molecule has 1 aliphatic rings. The molecule has 10 heteroatoms. The molecule has 2 amide bonds. The van der Waals surface area contributed by atoms with Gasteiger partial charge in [-0.2, -0.15) is 0 Å². The van der Waals surface area contributed by atoms with Crippen molar-refractivity contribution < 1.29 is 19.1 Å². The van der Waals surface area contributed by atoms with E-state index in [1.807, 2.05) is 42.7 Å². The van der Waals surface area contributed by atoms with E-state index < -0.39 is 0 Å². The third kappa shape index (κ3) is 4.86. The van der Waals surface area contributed by atoms with Crippen LogP contribution in [0, 0.1) is 6.92 Å². The first kappa shape index (κ1) is 21.7. The van der Waals surface area contributed by atoms with Gasteiger partial charge in [0, 0.05) is 17.8 Å². The summed E-state index contributed by atoms with van der Waals surface area (Å²) in [4.78, 5) is 24.8. The van der Waals surface area contributed by atoms with Gasteiger partial charge in [0.05, 0.1) is 12.3 Å². The minimum atomic E-state index is -0.249. The Labute approximate surface area is 189 Å². The summed E-state index contributed by atoms with van der Waals surface area (Å²) in [5, 5.41) is 14.8. The highest BCUT2D eigenvalue weighted by molar-refractivity contribution is 7.99. The van der Waals surface area contributed by atoms with Gasteiger partial charge >= 0.3 is 0 Å². The molecule has 2 aromatic carbocycles. The summed E-state index contributed by atoms with van der Waals surface area (Å²) in [5.41, 5.74) is 2.27. The van der Waals surface area contributed by atoms with Gasteiger partial charge in [-0.25, -0.2) is 0 Å². The van der Waals surface area contributed by atoms with Crippen molar-refractivity contribution in [1.82, 2.24) is 20.1 Å². The summed E-state index contributed by atoms with van der Waals surface area (Å²) in [5.74, 6) is 1.63. The fraction of sp³-hybridized carbons (Fsp3) is 0.273. The second-order valence-electron chi connectivity index (χ2n) is 7.05. The van der Waals surface area contributed by atoms with Crippen molar-refractivity contribution in [2.75, 3.05) is 17.9 Å². The van der Waals surface area contributed by atoms with E-state index in [-0.39, 0.29) is 30.9 Å². The molecule has 9 nitrogen and oxygen atoms in total. The average molecular weight is 454 g/mol. The second kappa shape index (κ2) is 9.73. The Balaban J connectivity index is 1.34. The van der Waals surface area contributed by atoms with Crippen LogP contribution in [0.2, 0.25) is 0 Å². The number of carbonyl (C=O) groups excluding carboxylic acids is 2. The SMILES string of the molecule is CCn1c(CNC(=O)c2ccc3c(c2)OCO3)nnc1SCC(=O)Nc1ccccc1C. The summed E-state index contributed by atoms with van der Waals surface area (Å²) >= 11 is 1.30. The molecule has 166 valence electrons. The highest BCUT2D eigenvalue weighted by Crippen LogP contribution is 2.32. The Morgan fingerprint density at radius 1 is 1.12 bits per heavy atom. The Bertz CT molecular complexity index is 1150. The smallest absolute Gasteiger partial charge is 0.251 e. The van der Waals surface area contributed by atoms with Gasteiger partial charge in [0.2, 0.25) is 12.7 Å². The van der Waals surface area contributed by atoms with Crippen molar-refractivity contribution in [3.05, 3.63) is 59.4 Å². The van der Waals surface area contributed by atoms with E-state index in [1.54, 1.807) is 18.2 Å². The van der Waals surface area contributed by atoms with Gasteiger partial charge in [0.25, 0.3) is 5.91 Å². The summed E-state index contributed by atoms with van der Waals surface area (Å²) in [6, 6.07) is 12.7. The predicted molar refractivity (Wildman–Crippen MR) is 120 cm³/mol. The average Bonchev–Trinajstić information content (AvgIpc) is 3.43. The van der Waals surface area contributed by atoms with Crippen LogP contribution in [0.25, 0.3) is 0 Å². The summed E-state index contributed by atoms with van der Waals surface area (Å²) < 4.78 is 12.5. The van der Waals surface area contributed by atoms with E-state index in [9.17, 15) is 9.59 Å². The van der Waals surface area contributed by atoms with E-state index >= 15 is 0 Å². The fourth-order valence-electron chi connectivity index (χ4n) is 3.20. The molecule has 3 aromatic rings. The first-order valence-electron chi connectivity index (χ1n) is 10.1. The molecule has 1 aliphatic heterocycles. The number of nitrogens with zero attached hydrogens (tertiary/aromatic N) is 3. The fourth-order valence-corrected chi connectivity index (χ4v) is 4.02. The molecule has 0 atom stereocenters. The van der Waals surface area contributed by atoms with Gasteiger partial charge in [-0.05, 0) is 43.7 Å². The number of benzene rings is 2. The Morgan fingerprint density at radius 3 is 2.75 bits per heavy atom. The van der Waals surface area contributed by atoms with Gasteiger partial charge in [-0.3, -0.25) is 9.59 Å². The molecule has 0 spiro atoms. The maximum atomic E-state index is 12.5. The molecule has 0 bridgehead atoms. The van der Waals surface area contributed by atoms with Crippen LogP contribution in [0.5, 0.6) is 11.5 Å². The molecule has 0 radical (unpaired) electrons. The van der Waals surface area contributed by atoms with Crippen LogP contribution in [0.4, 0.5) is 5.69 Å². The van der Waals surface area contributed by atoms with E-state index in [4.69, 9.17) is 9.47 Å². The summed E-state index contributed by atoms with van der Waals surface area (Å²) in [7, 11) is 0. The zero-order valence-electron chi connectivity index (χ0n) is 17.8. The second-order valence-corrected chi connectivity index (χ2v) is 7.99. The van der Waals surface area contributed by atoms with Gasteiger partial charge in [0.15, 0.2) is 22.5 Å². The number of ether oxygens (including phenoxy) is 2. The van der Waals surface area contributed by atoms with Crippen molar-refractivity contribution in [3.63, 3.8) is 0 Å². The third-order valence-electron chi connectivity index (χ3n) is 4.90. The lowest BCUT2D eigenvalue weighted by Gasteiger charge is -2.10. The lowest BCUT2D eigenvalue weighted by atomic mass is 10.2. The minimum Gasteiger partial charge on any atom is -0.454 e. The van der Waals surface area contributed by atoms with Crippen LogP contribution >= 0.6 is 11.8 Å². The lowest BCUT2D eigenvalue weighted by molar-refractivity contribution is -0.113. The number of nitrogens with one attached hydrogen (secondary N) is 2. The zero-order chi connectivity index (χ0) is 22.5. The maximum absolute atomic E-state index is 12.5. The number of anilines is 1. The highest BCUT2D eigenvalue weighted by atomic mass is 32.2. The molecular formula is C22H23N5O4S. The van der Waals surface area contributed by atoms with Crippen LogP contribution in [-0.4, -0.2) is 39.1 Å². The van der Waals surface area contributed by atoms with Crippen molar-refractivity contribution in [1.29, 1.82) is 0 Å². The normalized spacial score (nSPS) is 11.9. The molecule has 2 heterocycles. The molecular weight excluding hydrogens is 430 g/mol. The number of amides is 2. The summed E-state index contributed by atoms with van der Waals surface area (Å²) in [6.45, 7) is 4.89. The summed E-state index contributed by atoms with van der Waals surface area (Å²) in [6.07, 6.45) is 0. The minimum absolute atomic E-state index is 0.118. The van der Waals surface area contributed by atoms with Crippen LogP contribution in [0.1, 0.15) is 28.7 Å². The first-order chi connectivity index (χ1) is 15.5. The number of fused-ring (bicyclic) bond motifs is 1. The Kier molecular flexibility index (Phi) is 6.60. The van der Waals surface area contributed by atoms with E-state index in [1.165, 1.54) is 11.8 Å². The number of para-hydroxylation sites is 1. The third-order valence-corrected chi connectivity index (χ3v) is 5.87. The molecule has 0 saturated carbocycles. The van der Waals surface area contributed by atoms with Crippen LogP contribution in [-0.2, 0) is 17.9 Å². The number of aryl methyl sites for hydroxylation is 1. The van der Waals surface area contributed by atoms with E-state index in [2.05, 4.69) is 20.8 Å². The van der Waals surface area contributed by atoms with E-state index in [0.29, 0.717) is 34.6 Å². The molecule has 0 unspecified atom stereocenters. The number of hydrogen-bond donors (Lipinski definition) is 2. The Hall–Kier alpha value is -3.53. The topological polar surface area (TPSA) is 107 Å². The molecule has 0 aliphatic carbocycles. The standard InChI is InChI=1S/C22H23N5O4S/c1-3-27-19(11-23-21(29)15-8-9-17-18(10-15)31-13-30-17)25-26-22(27)32-12-20(28)24-16-7-5-4-6-14(16)2/h4-10H,3,11-13H2,1-2H3,(H,23,29)(H,24,28). The lowest BCUT2D eigenvalue weighted by Crippen LogP contribution is -2.24. The van der Waals surface area contributed by atoms with Crippen LogP contribution < -0.4 is 20.1 Å². The largest absolute Gasteiger partial charge is 0.454 e. The van der Waals surface area contributed by atoms with Crippen LogP contribution in [0.3, 0.4) is 0 Å². The zero-order valence-corrected chi connectivity index (χ0v) is 18.6. The van der Waals surface area contributed by atoms with E-state index in [0.717, 1.165) is 11.3 Å². The molecule has 0 fully saturated rings. The number of thioether (sulfide) groups is 1. The van der Waals surface area contributed by atoms with Crippen molar-refractivity contribution in [3.8, 4) is 11.5 Å². The molecule has 2 N–H and O–H groups in total. The van der Waals surface area contributed by atoms with Crippen molar-refractivity contribution in [2.45, 2.75) is 32.1 Å². The number of rotatable bonds is 8.